The molecule has 0 aromatic heterocycles. The van der Waals surface area contributed by atoms with Gasteiger partial charge in [-0.25, -0.2) is 0 Å². The van der Waals surface area contributed by atoms with Crippen LogP contribution in [0.5, 0.6) is 0 Å². The fourth-order valence-electron chi connectivity index (χ4n) is 1.19. The number of hydrogen-bond donors (Lipinski definition) is 1. The number of hydrogen-bond acceptors (Lipinski definition) is 1. The van der Waals surface area contributed by atoms with E-state index in [-0.39, 0.29) is 0 Å². The fraction of sp³-hybridized carbons (Fsp3) is 0.333. The summed E-state index contributed by atoms with van der Waals surface area (Å²) in [7, 11) is 0. The second-order valence-electron chi connectivity index (χ2n) is 3.09. The predicted molar refractivity (Wildman–Crippen MR) is 66.5 cm³/mol. The quantitative estimate of drug-likeness (QED) is 0.631. The maximum Gasteiger partial charge on any atom is 0.0576 e. The van der Waals surface area contributed by atoms with Crippen molar-refractivity contribution in [2.24, 2.45) is 0 Å². The highest BCUT2D eigenvalue weighted by Crippen LogP contribution is 2.20. The van der Waals surface area contributed by atoms with Crippen molar-refractivity contribution in [1.82, 2.24) is 5.32 Å². The summed E-state index contributed by atoms with van der Waals surface area (Å²) in [6.07, 6.45) is 0.890. The van der Waals surface area contributed by atoms with Crippen LogP contribution in [-0.2, 0) is 6.42 Å². The summed E-state index contributed by atoms with van der Waals surface area (Å²) in [6, 6.07) is 5.58. The summed E-state index contributed by atoms with van der Waals surface area (Å²) >= 11 is 11.8. The van der Waals surface area contributed by atoms with E-state index in [2.05, 4.69) is 17.2 Å². The maximum atomic E-state index is 6.03. The van der Waals surface area contributed by atoms with E-state index < -0.39 is 0 Å². The third kappa shape index (κ3) is 4.57. The summed E-state index contributed by atoms with van der Waals surface area (Å²) in [5.74, 6) is 5.77. The Morgan fingerprint density at radius 1 is 1.33 bits per heavy atom. The van der Waals surface area contributed by atoms with Crippen molar-refractivity contribution in [2.45, 2.75) is 13.3 Å². The van der Waals surface area contributed by atoms with Crippen LogP contribution in [0.2, 0.25) is 10.0 Å². The van der Waals surface area contributed by atoms with Crippen LogP contribution in [-0.4, -0.2) is 13.1 Å². The van der Waals surface area contributed by atoms with Gasteiger partial charge < -0.3 is 5.32 Å². The van der Waals surface area contributed by atoms with E-state index in [4.69, 9.17) is 23.2 Å². The molecular weight excluding hydrogens is 229 g/mol. The average Bonchev–Trinajstić information content (AvgIpc) is 2.20. The van der Waals surface area contributed by atoms with Gasteiger partial charge in [-0.3, -0.25) is 0 Å². The molecule has 0 spiro atoms. The third-order valence-electron chi connectivity index (χ3n) is 1.98. The van der Waals surface area contributed by atoms with E-state index in [9.17, 15) is 0 Å². The van der Waals surface area contributed by atoms with Gasteiger partial charge in [0.15, 0.2) is 0 Å². The second kappa shape index (κ2) is 6.74. The van der Waals surface area contributed by atoms with Gasteiger partial charge in [0, 0.05) is 16.6 Å². The molecule has 0 atom stereocenters. The van der Waals surface area contributed by atoms with Gasteiger partial charge in [-0.15, -0.1) is 5.92 Å². The van der Waals surface area contributed by atoms with Crippen LogP contribution < -0.4 is 5.32 Å². The number of benzene rings is 1. The molecule has 0 amide bonds. The Bertz CT molecular complexity index is 377. The van der Waals surface area contributed by atoms with Crippen molar-refractivity contribution in [2.75, 3.05) is 13.1 Å². The highest BCUT2D eigenvalue weighted by atomic mass is 35.5. The summed E-state index contributed by atoms with van der Waals surface area (Å²) in [5, 5.41) is 4.61. The number of nitrogens with one attached hydrogen (secondary N) is 1. The zero-order chi connectivity index (χ0) is 11.1. The van der Waals surface area contributed by atoms with Crippen LogP contribution in [0, 0.1) is 11.8 Å². The van der Waals surface area contributed by atoms with E-state index in [1.807, 2.05) is 19.1 Å². The van der Waals surface area contributed by atoms with Crippen LogP contribution in [0.1, 0.15) is 12.5 Å². The fourth-order valence-corrected chi connectivity index (χ4v) is 1.69. The minimum atomic E-state index is 0.675. The Morgan fingerprint density at radius 2 is 2.13 bits per heavy atom. The van der Waals surface area contributed by atoms with Crippen LogP contribution in [0.4, 0.5) is 0 Å². The Labute approximate surface area is 101 Å². The summed E-state index contributed by atoms with van der Waals surface area (Å²) in [4.78, 5) is 0. The molecule has 0 aliphatic carbocycles. The maximum absolute atomic E-state index is 6.03. The summed E-state index contributed by atoms with van der Waals surface area (Å²) < 4.78 is 0. The molecule has 1 N–H and O–H groups in total. The van der Waals surface area contributed by atoms with Crippen LogP contribution in [0.15, 0.2) is 18.2 Å². The lowest BCUT2D eigenvalue weighted by molar-refractivity contribution is 0.753. The molecule has 0 heterocycles. The van der Waals surface area contributed by atoms with Gasteiger partial charge in [0.1, 0.15) is 0 Å². The predicted octanol–water partition coefficient (Wildman–Crippen LogP) is 3.15. The lowest BCUT2D eigenvalue weighted by atomic mass is 10.1. The molecule has 0 aliphatic rings. The summed E-state index contributed by atoms with van der Waals surface area (Å²) in [5.41, 5.74) is 1.11. The Kier molecular flexibility index (Phi) is 5.57. The molecule has 0 fully saturated rings. The molecule has 0 aliphatic heterocycles. The highest BCUT2D eigenvalue weighted by Gasteiger charge is 2.00. The van der Waals surface area contributed by atoms with Gasteiger partial charge >= 0.3 is 0 Å². The first kappa shape index (κ1) is 12.4. The molecule has 1 aromatic rings. The Balaban J connectivity index is 2.39. The average molecular weight is 242 g/mol. The molecule has 0 saturated heterocycles. The topological polar surface area (TPSA) is 12.0 Å². The van der Waals surface area contributed by atoms with Gasteiger partial charge in [0.05, 0.1) is 6.54 Å². The van der Waals surface area contributed by atoms with Crippen LogP contribution in [0.25, 0.3) is 0 Å². The second-order valence-corrected chi connectivity index (χ2v) is 3.93. The molecule has 0 unspecified atom stereocenters. The first-order chi connectivity index (χ1) is 7.24. The molecule has 80 valence electrons. The van der Waals surface area contributed by atoms with Crippen molar-refractivity contribution in [3.05, 3.63) is 33.8 Å². The molecule has 15 heavy (non-hydrogen) atoms. The minimum Gasteiger partial charge on any atom is -0.306 e. The normalized spacial score (nSPS) is 9.53. The van der Waals surface area contributed by atoms with Crippen molar-refractivity contribution in [3.8, 4) is 11.8 Å². The van der Waals surface area contributed by atoms with Gasteiger partial charge in [-0.1, -0.05) is 35.2 Å². The van der Waals surface area contributed by atoms with Gasteiger partial charge in [-0.2, -0.15) is 0 Å². The number of rotatable bonds is 4. The van der Waals surface area contributed by atoms with Gasteiger partial charge in [-0.05, 0) is 31.0 Å². The van der Waals surface area contributed by atoms with Gasteiger partial charge in [0.2, 0.25) is 0 Å². The van der Waals surface area contributed by atoms with E-state index in [0.29, 0.717) is 5.02 Å². The summed E-state index contributed by atoms with van der Waals surface area (Å²) in [6.45, 7) is 3.43. The lowest BCUT2D eigenvalue weighted by Crippen LogP contribution is -2.17. The van der Waals surface area contributed by atoms with E-state index in [1.165, 1.54) is 0 Å². The third-order valence-corrected chi connectivity index (χ3v) is 2.56. The molecule has 0 bridgehead atoms. The Morgan fingerprint density at radius 3 is 2.80 bits per heavy atom. The lowest BCUT2D eigenvalue weighted by Gasteiger charge is -2.04. The minimum absolute atomic E-state index is 0.675. The van der Waals surface area contributed by atoms with Crippen molar-refractivity contribution < 1.29 is 0 Å². The van der Waals surface area contributed by atoms with Crippen LogP contribution in [0.3, 0.4) is 0 Å². The largest absolute Gasteiger partial charge is 0.306 e. The molecule has 0 radical (unpaired) electrons. The highest BCUT2D eigenvalue weighted by molar-refractivity contribution is 6.35. The molecule has 3 heteroatoms. The molecule has 1 nitrogen and oxygen atoms in total. The molecule has 1 rings (SSSR count). The van der Waals surface area contributed by atoms with Gasteiger partial charge in [0.25, 0.3) is 0 Å². The van der Waals surface area contributed by atoms with E-state index >= 15 is 0 Å². The smallest absolute Gasteiger partial charge is 0.0576 e. The molecule has 0 saturated carbocycles. The first-order valence-corrected chi connectivity index (χ1v) is 5.54. The standard InChI is InChI=1S/C12H13Cl2N/c1-2-3-7-15-8-6-10-4-5-11(13)9-12(10)14/h4-5,9,15H,6-8H2,1H3. The van der Waals surface area contributed by atoms with E-state index in [1.54, 1.807) is 6.07 Å². The number of halogens is 2. The van der Waals surface area contributed by atoms with Crippen LogP contribution >= 0.6 is 23.2 Å². The zero-order valence-corrected chi connectivity index (χ0v) is 10.1. The SMILES string of the molecule is CC#CCNCCc1ccc(Cl)cc1Cl. The monoisotopic (exact) mass is 241 g/mol. The zero-order valence-electron chi connectivity index (χ0n) is 8.61. The first-order valence-electron chi connectivity index (χ1n) is 4.78. The Hall–Kier alpha value is -0.680. The molecular formula is C12H13Cl2N. The van der Waals surface area contributed by atoms with Crippen molar-refractivity contribution in [3.63, 3.8) is 0 Å². The molecule has 1 aromatic carbocycles. The van der Waals surface area contributed by atoms with Crippen molar-refractivity contribution >= 4 is 23.2 Å². The van der Waals surface area contributed by atoms with Crippen molar-refractivity contribution in [1.29, 1.82) is 0 Å². The van der Waals surface area contributed by atoms with E-state index in [0.717, 1.165) is 30.1 Å².